The predicted molar refractivity (Wildman–Crippen MR) is 95.1 cm³/mol. The molecule has 1 aliphatic rings. The molecule has 0 unspecified atom stereocenters. The third-order valence-electron chi connectivity index (χ3n) is 3.55. The van der Waals surface area contributed by atoms with Gasteiger partial charge in [0.05, 0.1) is 5.03 Å². The summed E-state index contributed by atoms with van der Waals surface area (Å²) in [4.78, 5) is -0.292. The van der Waals surface area contributed by atoms with Gasteiger partial charge in [0.15, 0.2) is 0 Å². The molecule has 22 heavy (non-hydrogen) atoms. The summed E-state index contributed by atoms with van der Waals surface area (Å²) >= 11 is 1.83. The van der Waals surface area contributed by atoms with E-state index in [4.69, 9.17) is 0 Å². The van der Waals surface area contributed by atoms with Crippen molar-refractivity contribution < 1.29 is 0 Å². The van der Waals surface area contributed by atoms with E-state index in [0.717, 1.165) is 0 Å². The van der Waals surface area contributed by atoms with Crippen molar-refractivity contribution in [1.29, 1.82) is 0 Å². The van der Waals surface area contributed by atoms with Gasteiger partial charge in [-0.3, -0.25) is 0 Å². The van der Waals surface area contributed by atoms with Crippen molar-refractivity contribution in [3.8, 4) is 0 Å². The van der Waals surface area contributed by atoms with Crippen molar-refractivity contribution in [1.82, 2.24) is 10.9 Å². The summed E-state index contributed by atoms with van der Waals surface area (Å²) in [7, 11) is 0. The van der Waals surface area contributed by atoms with Crippen molar-refractivity contribution in [2.45, 2.75) is 25.6 Å². The van der Waals surface area contributed by atoms with Gasteiger partial charge in [0, 0.05) is 0 Å². The van der Waals surface area contributed by atoms with E-state index >= 15 is 0 Å². The van der Waals surface area contributed by atoms with E-state index in [0.29, 0.717) is 0 Å². The lowest BCUT2D eigenvalue weighted by molar-refractivity contribution is 0.513. The Balaban J connectivity index is 2.06. The molecule has 2 nitrogen and oxygen atoms in total. The number of hydrogen-bond donors (Lipinski definition) is 2. The second-order valence-electron chi connectivity index (χ2n) is 6.64. The van der Waals surface area contributed by atoms with Crippen LogP contribution in [0.1, 0.15) is 31.9 Å². The maximum absolute atomic E-state index is 3.52. The van der Waals surface area contributed by atoms with Crippen LogP contribution >= 0.6 is 11.8 Å². The van der Waals surface area contributed by atoms with Crippen LogP contribution in [0.15, 0.2) is 71.8 Å². The Kier molecular flexibility index (Phi) is 4.02. The summed E-state index contributed by atoms with van der Waals surface area (Å²) in [6.45, 7) is 6.65. The van der Waals surface area contributed by atoms with E-state index < -0.39 is 0 Å². The quantitative estimate of drug-likeness (QED) is 0.846. The average Bonchev–Trinajstić information content (AvgIpc) is 2.92. The van der Waals surface area contributed by atoms with E-state index in [2.05, 4.69) is 98.4 Å². The Hall–Kier alpha value is -1.71. The number of nitrogens with one attached hydrogen (secondary N) is 2. The third-order valence-corrected chi connectivity index (χ3v) is 4.87. The van der Waals surface area contributed by atoms with Crippen LogP contribution in [0.25, 0.3) is 0 Å². The molecule has 1 aliphatic heterocycles. The van der Waals surface area contributed by atoms with Crippen molar-refractivity contribution in [2.75, 3.05) is 0 Å². The SMILES string of the molecule is CC(C)(C)C=C1NNC(c2ccccc2)(c2ccccc2)S1. The largest absolute Gasteiger partial charge is 0.314 e. The minimum absolute atomic E-state index is 0.139. The highest BCUT2D eigenvalue weighted by molar-refractivity contribution is 8.04. The summed E-state index contributed by atoms with van der Waals surface area (Å²) in [5.41, 5.74) is 9.53. The lowest BCUT2D eigenvalue weighted by Crippen LogP contribution is -2.40. The number of thioether (sulfide) groups is 1. The third kappa shape index (κ3) is 3.06. The molecule has 0 atom stereocenters. The molecule has 0 spiro atoms. The van der Waals surface area contributed by atoms with Crippen LogP contribution in [0, 0.1) is 5.41 Å². The molecule has 1 fully saturated rings. The number of allylic oxidation sites excluding steroid dienone is 1. The van der Waals surface area contributed by atoms with Gasteiger partial charge in [-0.05, 0) is 22.6 Å². The fraction of sp³-hybridized carbons (Fsp3) is 0.263. The second-order valence-corrected chi connectivity index (χ2v) is 7.90. The van der Waals surface area contributed by atoms with Gasteiger partial charge in [-0.15, -0.1) is 0 Å². The van der Waals surface area contributed by atoms with Crippen LogP contribution in [0.2, 0.25) is 0 Å². The highest BCUT2D eigenvalue weighted by Gasteiger charge is 2.41. The smallest absolute Gasteiger partial charge is 0.138 e. The van der Waals surface area contributed by atoms with E-state index in [1.807, 2.05) is 11.8 Å². The van der Waals surface area contributed by atoms with Crippen LogP contribution in [0.3, 0.4) is 0 Å². The van der Waals surface area contributed by atoms with Gasteiger partial charge >= 0.3 is 0 Å². The molecule has 114 valence electrons. The van der Waals surface area contributed by atoms with Crippen LogP contribution in [-0.4, -0.2) is 0 Å². The first-order valence-corrected chi connectivity index (χ1v) is 8.37. The molecule has 3 rings (SSSR count). The summed E-state index contributed by atoms with van der Waals surface area (Å²) in [6.07, 6.45) is 2.28. The Bertz CT molecular complexity index is 617. The van der Waals surface area contributed by atoms with Crippen LogP contribution in [0.5, 0.6) is 0 Å². The van der Waals surface area contributed by atoms with Crippen LogP contribution in [0.4, 0.5) is 0 Å². The van der Waals surface area contributed by atoms with Gasteiger partial charge in [-0.25, -0.2) is 5.43 Å². The lowest BCUT2D eigenvalue weighted by atomic mass is 9.97. The fourth-order valence-electron chi connectivity index (χ4n) is 2.60. The topological polar surface area (TPSA) is 24.1 Å². The Labute approximate surface area is 137 Å². The zero-order valence-corrected chi connectivity index (χ0v) is 14.1. The van der Waals surface area contributed by atoms with Crippen LogP contribution < -0.4 is 10.9 Å². The molecule has 2 aromatic carbocycles. The number of rotatable bonds is 2. The first-order chi connectivity index (χ1) is 10.5. The van der Waals surface area contributed by atoms with Gasteiger partial charge < -0.3 is 5.43 Å². The number of benzene rings is 2. The molecular formula is C19H22N2S. The van der Waals surface area contributed by atoms with Crippen molar-refractivity contribution in [3.63, 3.8) is 0 Å². The highest BCUT2D eigenvalue weighted by atomic mass is 32.2. The summed E-state index contributed by atoms with van der Waals surface area (Å²) < 4.78 is 0. The predicted octanol–water partition coefficient (Wildman–Crippen LogP) is 4.62. The van der Waals surface area contributed by atoms with Crippen molar-refractivity contribution in [2.24, 2.45) is 5.41 Å². The molecular weight excluding hydrogens is 288 g/mol. The lowest BCUT2D eigenvalue weighted by Gasteiger charge is -2.28. The van der Waals surface area contributed by atoms with E-state index in [1.165, 1.54) is 16.2 Å². The van der Waals surface area contributed by atoms with E-state index in [9.17, 15) is 0 Å². The molecule has 0 saturated carbocycles. The molecule has 1 heterocycles. The zero-order valence-electron chi connectivity index (χ0n) is 13.3. The molecule has 2 N–H and O–H groups in total. The van der Waals surface area contributed by atoms with Gasteiger partial charge in [-0.1, -0.05) is 93.2 Å². The van der Waals surface area contributed by atoms with Crippen LogP contribution in [-0.2, 0) is 4.87 Å². The van der Waals surface area contributed by atoms with Gasteiger partial charge in [0.25, 0.3) is 0 Å². The van der Waals surface area contributed by atoms with Gasteiger partial charge in [-0.2, -0.15) is 0 Å². The standard InChI is InChI=1S/C19H22N2S/c1-18(2,3)14-17-20-21-19(22-17,15-10-6-4-7-11-15)16-12-8-5-9-13-16/h4-14,20-21H,1-3H3. The van der Waals surface area contributed by atoms with Gasteiger partial charge in [0.1, 0.15) is 4.87 Å². The molecule has 0 aliphatic carbocycles. The first-order valence-electron chi connectivity index (χ1n) is 7.56. The normalized spacial score (nSPS) is 19.1. The van der Waals surface area contributed by atoms with Gasteiger partial charge in [0.2, 0.25) is 0 Å². The Morgan fingerprint density at radius 2 is 1.36 bits per heavy atom. The molecule has 3 heteroatoms. The molecule has 0 amide bonds. The van der Waals surface area contributed by atoms with Crippen molar-refractivity contribution >= 4 is 11.8 Å². The first kappa shape index (κ1) is 15.2. The maximum atomic E-state index is 3.52. The summed E-state index contributed by atoms with van der Waals surface area (Å²) in [6, 6.07) is 21.2. The minimum Gasteiger partial charge on any atom is -0.314 e. The maximum Gasteiger partial charge on any atom is 0.138 e. The average molecular weight is 310 g/mol. The molecule has 0 aromatic heterocycles. The monoisotopic (exact) mass is 310 g/mol. The molecule has 2 aromatic rings. The Morgan fingerprint density at radius 3 is 1.82 bits per heavy atom. The second kappa shape index (κ2) is 5.82. The number of hydrogen-bond acceptors (Lipinski definition) is 3. The summed E-state index contributed by atoms with van der Waals surface area (Å²) in [5.74, 6) is 0. The van der Waals surface area contributed by atoms with Crippen molar-refractivity contribution in [3.05, 3.63) is 82.9 Å². The Morgan fingerprint density at radius 1 is 0.864 bits per heavy atom. The molecule has 0 bridgehead atoms. The highest BCUT2D eigenvalue weighted by Crippen LogP contribution is 2.47. The van der Waals surface area contributed by atoms with E-state index in [1.54, 1.807) is 0 Å². The number of hydrazine groups is 1. The molecule has 0 radical (unpaired) electrons. The summed E-state index contributed by atoms with van der Waals surface area (Å²) in [5, 5.41) is 1.17. The fourth-order valence-corrected chi connectivity index (χ4v) is 4.05. The molecule has 1 saturated heterocycles. The van der Waals surface area contributed by atoms with E-state index in [-0.39, 0.29) is 10.3 Å². The minimum atomic E-state index is -0.292. The zero-order chi connectivity index (χ0) is 15.6.